The molecule has 0 radical (unpaired) electrons. The second kappa shape index (κ2) is 5.33. The molecule has 100 valence electrons. The summed E-state index contributed by atoms with van der Waals surface area (Å²) in [4.78, 5) is 13.1. The molecule has 5 nitrogen and oxygen atoms in total. The van der Waals surface area contributed by atoms with E-state index in [1.165, 1.54) is 20.4 Å². The van der Waals surface area contributed by atoms with Crippen molar-refractivity contribution >= 4 is 17.0 Å². The molecule has 6 heteroatoms. The van der Waals surface area contributed by atoms with E-state index in [0.717, 1.165) is 10.4 Å². The normalized spacial score (nSPS) is 10.4. The lowest BCUT2D eigenvalue weighted by Crippen LogP contribution is -2.21. The lowest BCUT2D eigenvalue weighted by Gasteiger charge is -1.94. The van der Waals surface area contributed by atoms with Gasteiger partial charge >= 0.3 is 5.69 Å². The zero-order valence-electron chi connectivity index (χ0n) is 10.5. The van der Waals surface area contributed by atoms with E-state index in [0.29, 0.717) is 12.2 Å². The first-order valence-corrected chi connectivity index (χ1v) is 6.87. The Labute approximate surface area is 118 Å². The van der Waals surface area contributed by atoms with Crippen LogP contribution in [0.5, 0.6) is 0 Å². The molecule has 1 N–H and O–H groups in total. The number of rotatable bonds is 2. The zero-order chi connectivity index (χ0) is 13.9. The summed E-state index contributed by atoms with van der Waals surface area (Å²) in [5.41, 5.74) is 1.32. The molecule has 20 heavy (non-hydrogen) atoms. The second-order valence-corrected chi connectivity index (χ2v) is 5.13. The molecule has 0 atom stereocenters. The van der Waals surface area contributed by atoms with Crippen molar-refractivity contribution in [1.82, 2.24) is 14.2 Å². The molecule has 3 heterocycles. The van der Waals surface area contributed by atoms with Crippen LogP contribution in [-0.2, 0) is 6.54 Å². The Hall–Kier alpha value is -2.36. The number of aromatic nitrogens is 3. The minimum Gasteiger partial charge on any atom is -0.384 e. The van der Waals surface area contributed by atoms with E-state index in [2.05, 4.69) is 16.9 Å². The van der Waals surface area contributed by atoms with Crippen LogP contribution in [0.15, 0.2) is 40.6 Å². The highest BCUT2D eigenvalue weighted by Crippen LogP contribution is 2.14. The third kappa shape index (κ3) is 2.37. The highest BCUT2D eigenvalue weighted by molar-refractivity contribution is 7.10. The van der Waals surface area contributed by atoms with Crippen molar-refractivity contribution in [2.24, 2.45) is 0 Å². The topological polar surface area (TPSA) is 59.5 Å². The molecule has 0 amide bonds. The molecule has 0 aromatic carbocycles. The van der Waals surface area contributed by atoms with Crippen LogP contribution in [0.3, 0.4) is 0 Å². The third-order valence-corrected chi connectivity index (χ3v) is 3.68. The molecule has 0 aliphatic heterocycles. The number of pyridine rings is 1. The number of thiophene rings is 1. The number of nitrogens with zero attached hydrogens (tertiary/aromatic N) is 3. The maximum Gasteiger partial charge on any atom is 0.350 e. The third-order valence-electron chi connectivity index (χ3n) is 2.76. The molecular formula is C14H11N3O2S. The van der Waals surface area contributed by atoms with E-state index in [1.807, 2.05) is 17.5 Å². The van der Waals surface area contributed by atoms with Crippen molar-refractivity contribution < 1.29 is 5.11 Å². The summed E-state index contributed by atoms with van der Waals surface area (Å²) in [6, 6.07) is 7.35. The molecule has 3 aromatic rings. The second-order valence-electron chi connectivity index (χ2n) is 4.13. The molecule has 3 aromatic heterocycles. The van der Waals surface area contributed by atoms with Crippen LogP contribution in [0.25, 0.3) is 5.65 Å². The van der Waals surface area contributed by atoms with Gasteiger partial charge in [0, 0.05) is 22.0 Å². The number of hydrogen-bond donors (Lipinski definition) is 1. The number of aliphatic hydroxyl groups is 1. The Morgan fingerprint density at radius 1 is 1.40 bits per heavy atom. The van der Waals surface area contributed by atoms with Crippen molar-refractivity contribution in [1.29, 1.82) is 0 Å². The van der Waals surface area contributed by atoms with Crippen LogP contribution in [0.1, 0.15) is 10.4 Å². The predicted molar refractivity (Wildman–Crippen MR) is 76.8 cm³/mol. The van der Waals surface area contributed by atoms with Crippen LogP contribution < -0.4 is 5.69 Å². The van der Waals surface area contributed by atoms with Crippen molar-refractivity contribution in [2.45, 2.75) is 6.54 Å². The summed E-state index contributed by atoms with van der Waals surface area (Å²) in [5, 5.41) is 14.8. The van der Waals surface area contributed by atoms with Gasteiger partial charge in [-0.2, -0.15) is 0 Å². The molecule has 0 aliphatic carbocycles. The first kappa shape index (κ1) is 12.7. The Bertz CT molecular complexity index is 864. The summed E-state index contributed by atoms with van der Waals surface area (Å²) < 4.78 is 2.95. The number of aliphatic hydroxyl groups excluding tert-OH is 1. The Balaban J connectivity index is 1.91. The van der Waals surface area contributed by atoms with E-state index in [1.54, 1.807) is 18.3 Å². The highest BCUT2D eigenvalue weighted by atomic mass is 32.1. The molecule has 0 fully saturated rings. The molecule has 0 saturated carbocycles. The van der Waals surface area contributed by atoms with E-state index in [4.69, 9.17) is 5.11 Å². The average Bonchev–Trinajstić information content (AvgIpc) is 3.03. The van der Waals surface area contributed by atoms with Crippen LogP contribution in [0.2, 0.25) is 0 Å². The van der Waals surface area contributed by atoms with Gasteiger partial charge in [0.05, 0.1) is 6.54 Å². The Morgan fingerprint density at radius 2 is 2.30 bits per heavy atom. The predicted octanol–water partition coefficient (Wildman–Crippen LogP) is 0.950. The van der Waals surface area contributed by atoms with Gasteiger partial charge in [0.25, 0.3) is 0 Å². The summed E-state index contributed by atoms with van der Waals surface area (Å²) in [5.74, 6) is 5.44. The molecule has 0 saturated heterocycles. The quantitative estimate of drug-likeness (QED) is 0.713. The maximum absolute atomic E-state index is 12.1. The minimum atomic E-state index is -0.156. The molecule has 0 unspecified atom stereocenters. The molecule has 0 aliphatic rings. The fourth-order valence-corrected chi connectivity index (χ4v) is 2.69. The lowest BCUT2D eigenvalue weighted by molar-refractivity contribution is 0.350. The van der Waals surface area contributed by atoms with E-state index in [-0.39, 0.29) is 12.3 Å². The van der Waals surface area contributed by atoms with Gasteiger partial charge in [0.1, 0.15) is 6.61 Å². The molecule has 3 rings (SSSR count). The van der Waals surface area contributed by atoms with Crippen molar-refractivity contribution in [3.63, 3.8) is 0 Å². The first-order valence-electron chi connectivity index (χ1n) is 5.99. The average molecular weight is 285 g/mol. The highest BCUT2D eigenvalue weighted by Gasteiger charge is 2.07. The molecule has 0 spiro atoms. The van der Waals surface area contributed by atoms with Crippen LogP contribution in [-0.4, -0.2) is 25.9 Å². The Kier molecular flexibility index (Phi) is 3.37. The van der Waals surface area contributed by atoms with Gasteiger partial charge < -0.3 is 5.11 Å². The summed E-state index contributed by atoms with van der Waals surface area (Å²) in [6.45, 7) is 0.267. The standard InChI is InChI=1S/C14H11N3O2S/c18-7-3-4-11-8-12(20-10-11)9-17-14(19)16-6-2-1-5-13(16)15-17/h1-2,5-6,8,10,18H,7,9H2. The van der Waals surface area contributed by atoms with E-state index in [9.17, 15) is 4.79 Å². The largest absolute Gasteiger partial charge is 0.384 e. The van der Waals surface area contributed by atoms with Gasteiger partial charge in [0.2, 0.25) is 0 Å². The van der Waals surface area contributed by atoms with Gasteiger partial charge in [-0.25, -0.2) is 9.48 Å². The van der Waals surface area contributed by atoms with Gasteiger partial charge in [-0.3, -0.25) is 4.40 Å². The SMILES string of the molecule is O=c1n(Cc2cc(C#CCO)cs2)nc2ccccn12. The number of fused-ring (bicyclic) bond motifs is 1. The van der Waals surface area contributed by atoms with Crippen molar-refractivity contribution in [2.75, 3.05) is 6.61 Å². The lowest BCUT2D eigenvalue weighted by atomic mass is 10.3. The summed E-state index contributed by atoms with van der Waals surface area (Å²) >= 11 is 1.52. The van der Waals surface area contributed by atoms with Crippen LogP contribution in [0.4, 0.5) is 0 Å². The first-order chi connectivity index (χ1) is 9.78. The molecular weight excluding hydrogens is 274 g/mol. The zero-order valence-corrected chi connectivity index (χ0v) is 11.3. The molecule has 0 bridgehead atoms. The van der Waals surface area contributed by atoms with Crippen LogP contribution >= 0.6 is 11.3 Å². The van der Waals surface area contributed by atoms with E-state index >= 15 is 0 Å². The van der Waals surface area contributed by atoms with Crippen LogP contribution in [0, 0.1) is 11.8 Å². The monoisotopic (exact) mass is 285 g/mol. The van der Waals surface area contributed by atoms with Gasteiger partial charge in [-0.15, -0.1) is 16.4 Å². The Morgan fingerprint density at radius 3 is 3.10 bits per heavy atom. The summed E-state index contributed by atoms with van der Waals surface area (Å²) in [6.07, 6.45) is 1.70. The minimum absolute atomic E-state index is 0.156. The fourth-order valence-electron chi connectivity index (χ4n) is 1.89. The van der Waals surface area contributed by atoms with Crippen molar-refractivity contribution in [3.05, 3.63) is 56.8 Å². The van der Waals surface area contributed by atoms with E-state index < -0.39 is 0 Å². The van der Waals surface area contributed by atoms with Crippen molar-refractivity contribution in [3.8, 4) is 11.8 Å². The number of hydrogen-bond acceptors (Lipinski definition) is 4. The summed E-state index contributed by atoms with van der Waals surface area (Å²) in [7, 11) is 0. The fraction of sp³-hybridized carbons (Fsp3) is 0.143. The van der Waals surface area contributed by atoms with Gasteiger partial charge in [-0.05, 0) is 18.2 Å². The van der Waals surface area contributed by atoms with Gasteiger partial charge in [0.15, 0.2) is 5.65 Å². The maximum atomic E-state index is 12.1. The van der Waals surface area contributed by atoms with Gasteiger partial charge in [-0.1, -0.05) is 17.9 Å². The smallest absolute Gasteiger partial charge is 0.350 e.